The van der Waals surface area contributed by atoms with Gasteiger partial charge in [-0.05, 0) is 24.3 Å². The van der Waals surface area contributed by atoms with Crippen molar-refractivity contribution in [3.05, 3.63) is 35.9 Å². The molecule has 1 amide bonds. The van der Waals surface area contributed by atoms with Crippen LogP contribution in [0.25, 0.3) is 0 Å². The monoisotopic (exact) mass is 233 g/mol. The van der Waals surface area contributed by atoms with Crippen LogP contribution in [0.2, 0.25) is 0 Å². The van der Waals surface area contributed by atoms with E-state index in [0.717, 1.165) is 6.42 Å². The molecule has 0 saturated heterocycles. The van der Waals surface area contributed by atoms with Crippen LogP contribution in [0, 0.1) is 0 Å². The summed E-state index contributed by atoms with van der Waals surface area (Å²) in [5.41, 5.74) is 1.40. The summed E-state index contributed by atoms with van der Waals surface area (Å²) in [7, 11) is 0. The van der Waals surface area contributed by atoms with Gasteiger partial charge in [0.25, 0.3) is 0 Å². The fraction of sp³-hybridized carbons (Fsp3) is 0.533. The third-order valence-electron chi connectivity index (χ3n) is 3.10. The molecule has 94 valence electrons. The molecule has 0 aromatic heterocycles. The molecular formula is C15H23NO. The van der Waals surface area contributed by atoms with Crippen molar-refractivity contribution in [3.63, 3.8) is 0 Å². The lowest BCUT2D eigenvalue weighted by atomic mass is 9.79. The first kappa shape index (κ1) is 13.8. The molecule has 1 aromatic rings. The van der Waals surface area contributed by atoms with E-state index in [-0.39, 0.29) is 17.4 Å². The van der Waals surface area contributed by atoms with Gasteiger partial charge in [-0.25, -0.2) is 0 Å². The van der Waals surface area contributed by atoms with Crippen molar-refractivity contribution in [3.8, 4) is 0 Å². The molecule has 2 nitrogen and oxygen atoms in total. The minimum atomic E-state index is 0.0850. The molecular weight excluding hydrogens is 210 g/mol. The smallest absolute Gasteiger partial charge is 0.219 e. The number of amides is 1. The first-order valence-corrected chi connectivity index (χ1v) is 6.30. The summed E-state index contributed by atoms with van der Waals surface area (Å²) in [6.07, 6.45) is 1.50. The Labute approximate surface area is 104 Å². The highest BCUT2D eigenvalue weighted by Gasteiger charge is 2.23. The molecule has 0 unspecified atom stereocenters. The van der Waals surface area contributed by atoms with Gasteiger partial charge in [-0.1, -0.05) is 51.1 Å². The van der Waals surface area contributed by atoms with E-state index in [0.29, 0.717) is 6.42 Å². The SMILES string of the molecule is CCC(=O)N[C@H](C)CC(C)(C)c1ccccc1. The van der Waals surface area contributed by atoms with Crippen molar-refractivity contribution >= 4 is 5.91 Å². The summed E-state index contributed by atoms with van der Waals surface area (Å²) in [6.45, 7) is 8.39. The Hall–Kier alpha value is -1.31. The molecule has 0 bridgehead atoms. The molecule has 17 heavy (non-hydrogen) atoms. The van der Waals surface area contributed by atoms with Crippen molar-refractivity contribution in [2.24, 2.45) is 0 Å². The van der Waals surface area contributed by atoms with Gasteiger partial charge in [-0.3, -0.25) is 4.79 Å². The third kappa shape index (κ3) is 4.22. The zero-order valence-corrected chi connectivity index (χ0v) is 11.3. The van der Waals surface area contributed by atoms with Crippen LogP contribution >= 0.6 is 0 Å². The molecule has 1 N–H and O–H groups in total. The molecule has 0 heterocycles. The van der Waals surface area contributed by atoms with Crippen LogP contribution in [0.3, 0.4) is 0 Å². The Morgan fingerprint density at radius 3 is 2.41 bits per heavy atom. The minimum absolute atomic E-state index is 0.0850. The van der Waals surface area contributed by atoms with Crippen molar-refractivity contribution < 1.29 is 4.79 Å². The average molecular weight is 233 g/mol. The van der Waals surface area contributed by atoms with Gasteiger partial charge >= 0.3 is 0 Å². The van der Waals surface area contributed by atoms with E-state index in [1.165, 1.54) is 5.56 Å². The summed E-state index contributed by atoms with van der Waals surface area (Å²) in [4.78, 5) is 11.3. The van der Waals surface area contributed by atoms with Crippen LogP contribution in [-0.2, 0) is 10.2 Å². The standard InChI is InChI=1S/C15H23NO/c1-5-14(17)16-12(2)11-15(3,4)13-9-7-6-8-10-13/h6-10,12H,5,11H2,1-4H3,(H,16,17)/t12-/m1/s1. The average Bonchev–Trinajstić information content (AvgIpc) is 2.29. The van der Waals surface area contributed by atoms with Gasteiger partial charge in [-0.2, -0.15) is 0 Å². The highest BCUT2D eigenvalue weighted by molar-refractivity contribution is 5.75. The normalized spacial score (nSPS) is 13.2. The van der Waals surface area contributed by atoms with Gasteiger partial charge in [0.2, 0.25) is 5.91 Å². The predicted molar refractivity (Wildman–Crippen MR) is 72.0 cm³/mol. The largest absolute Gasteiger partial charge is 0.354 e. The first-order valence-electron chi connectivity index (χ1n) is 6.30. The Kier molecular flexibility index (Phi) is 4.73. The quantitative estimate of drug-likeness (QED) is 0.831. The predicted octanol–water partition coefficient (Wildman–Crippen LogP) is 3.27. The van der Waals surface area contributed by atoms with E-state index in [1.807, 2.05) is 13.0 Å². The number of carbonyl (C=O) groups is 1. The van der Waals surface area contributed by atoms with E-state index in [4.69, 9.17) is 0 Å². The number of benzene rings is 1. The zero-order chi connectivity index (χ0) is 12.9. The molecule has 0 aliphatic carbocycles. The minimum Gasteiger partial charge on any atom is -0.354 e. The summed E-state index contributed by atoms with van der Waals surface area (Å²) in [5, 5.41) is 3.02. The van der Waals surface area contributed by atoms with Crippen LogP contribution in [0.5, 0.6) is 0 Å². The maximum absolute atomic E-state index is 11.3. The van der Waals surface area contributed by atoms with E-state index < -0.39 is 0 Å². The number of hydrogen-bond acceptors (Lipinski definition) is 1. The summed E-state index contributed by atoms with van der Waals surface area (Å²) in [6, 6.07) is 10.7. The highest BCUT2D eigenvalue weighted by Crippen LogP contribution is 2.28. The zero-order valence-electron chi connectivity index (χ0n) is 11.3. The summed E-state index contributed by atoms with van der Waals surface area (Å²) in [5.74, 6) is 0.126. The lowest BCUT2D eigenvalue weighted by molar-refractivity contribution is -0.121. The maximum Gasteiger partial charge on any atom is 0.219 e. The summed E-state index contributed by atoms with van der Waals surface area (Å²) >= 11 is 0. The Bertz CT molecular complexity index is 356. The molecule has 0 radical (unpaired) electrons. The van der Waals surface area contributed by atoms with Gasteiger partial charge < -0.3 is 5.32 Å². The number of hydrogen-bond donors (Lipinski definition) is 1. The second kappa shape index (κ2) is 5.85. The van der Waals surface area contributed by atoms with Gasteiger partial charge in [0.1, 0.15) is 0 Å². The topological polar surface area (TPSA) is 29.1 Å². The van der Waals surface area contributed by atoms with Crippen molar-refractivity contribution in [1.29, 1.82) is 0 Å². The maximum atomic E-state index is 11.3. The number of nitrogens with one attached hydrogen (secondary N) is 1. The van der Waals surface area contributed by atoms with E-state index >= 15 is 0 Å². The van der Waals surface area contributed by atoms with Crippen LogP contribution in [0.1, 0.15) is 46.1 Å². The Balaban J connectivity index is 2.63. The van der Waals surface area contributed by atoms with E-state index in [2.05, 4.69) is 50.4 Å². The third-order valence-corrected chi connectivity index (χ3v) is 3.10. The van der Waals surface area contributed by atoms with Gasteiger partial charge in [0.15, 0.2) is 0 Å². The van der Waals surface area contributed by atoms with Crippen LogP contribution in [0.15, 0.2) is 30.3 Å². The Morgan fingerprint density at radius 1 is 1.29 bits per heavy atom. The molecule has 1 aromatic carbocycles. The van der Waals surface area contributed by atoms with Crippen LogP contribution < -0.4 is 5.32 Å². The number of carbonyl (C=O) groups excluding carboxylic acids is 1. The first-order chi connectivity index (χ1) is 7.95. The molecule has 0 aliphatic heterocycles. The molecule has 0 saturated carbocycles. The highest BCUT2D eigenvalue weighted by atomic mass is 16.1. The van der Waals surface area contributed by atoms with Gasteiger partial charge in [-0.15, -0.1) is 0 Å². The fourth-order valence-electron chi connectivity index (χ4n) is 2.20. The fourth-order valence-corrected chi connectivity index (χ4v) is 2.20. The molecule has 1 rings (SSSR count). The molecule has 0 spiro atoms. The molecule has 0 fully saturated rings. The van der Waals surface area contributed by atoms with E-state index in [1.54, 1.807) is 0 Å². The summed E-state index contributed by atoms with van der Waals surface area (Å²) < 4.78 is 0. The molecule has 1 atom stereocenters. The van der Waals surface area contributed by atoms with Crippen LogP contribution in [0.4, 0.5) is 0 Å². The lowest BCUT2D eigenvalue weighted by Gasteiger charge is -2.29. The van der Waals surface area contributed by atoms with E-state index in [9.17, 15) is 4.79 Å². The number of rotatable bonds is 5. The second-order valence-electron chi connectivity index (χ2n) is 5.28. The molecule has 0 aliphatic rings. The van der Waals surface area contributed by atoms with Crippen molar-refractivity contribution in [2.45, 2.75) is 52.0 Å². The Morgan fingerprint density at radius 2 is 1.88 bits per heavy atom. The van der Waals surface area contributed by atoms with Gasteiger partial charge in [0, 0.05) is 12.5 Å². The van der Waals surface area contributed by atoms with Crippen LogP contribution in [-0.4, -0.2) is 11.9 Å². The lowest BCUT2D eigenvalue weighted by Crippen LogP contribution is -2.36. The van der Waals surface area contributed by atoms with Crippen molar-refractivity contribution in [1.82, 2.24) is 5.32 Å². The van der Waals surface area contributed by atoms with Crippen molar-refractivity contribution in [2.75, 3.05) is 0 Å². The van der Waals surface area contributed by atoms with Gasteiger partial charge in [0.05, 0.1) is 0 Å². The molecule has 2 heteroatoms. The second-order valence-corrected chi connectivity index (χ2v) is 5.28.